The molecule has 104 valence electrons. The summed E-state index contributed by atoms with van der Waals surface area (Å²) in [6.45, 7) is 0. The van der Waals surface area contributed by atoms with Crippen molar-refractivity contribution < 1.29 is 27.8 Å². The molecule has 0 amide bonds. The van der Waals surface area contributed by atoms with Gasteiger partial charge >= 0.3 is 12.1 Å². The van der Waals surface area contributed by atoms with Crippen LogP contribution in [0.2, 0.25) is 0 Å². The van der Waals surface area contributed by atoms with Crippen molar-refractivity contribution in [3.63, 3.8) is 0 Å². The molecule has 1 aromatic rings. The molecule has 0 aliphatic carbocycles. The van der Waals surface area contributed by atoms with Crippen LogP contribution in [0.4, 0.5) is 13.2 Å². The third kappa shape index (κ3) is 2.80. The van der Waals surface area contributed by atoms with E-state index in [1.807, 2.05) is 0 Å². The highest BCUT2D eigenvalue weighted by atomic mass is 32.2. The summed E-state index contributed by atoms with van der Waals surface area (Å²) in [6, 6.07) is 4.58. The van der Waals surface area contributed by atoms with E-state index in [4.69, 9.17) is 9.84 Å². The zero-order chi connectivity index (χ0) is 14.2. The molecule has 1 heterocycles. The summed E-state index contributed by atoms with van der Waals surface area (Å²) >= 11 is 1.39. The lowest BCUT2D eigenvalue weighted by atomic mass is 9.89. The number of hydrogen-bond donors (Lipinski definition) is 1. The zero-order valence-electron chi connectivity index (χ0n) is 9.90. The lowest BCUT2D eigenvalue weighted by Gasteiger charge is -2.31. The van der Waals surface area contributed by atoms with E-state index in [9.17, 15) is 18.0 Å². The Balaban J connectivity index is 2.43. The van der Waals surface area contributed by atoms with Gasteiger partial charge in [0.2, 0.25) is 0 Å². The van der Waals surface area contributed by atoms with Crippen LogP contribution in [-0.4, -0.2) is 29.6 Å². The number of ether oxygens (including phenoxy) is 1. The van der Waals surface area contributed by atoms with Gasteiger partial charge in [0.1, 0.15) is 5.75 Å². The summed E-state index contributed by atoms with van der Waals surface area (Å²) in [5.74, 6) is -2.46. The molecule has 0 bridgehead atoms. The molecule has 2 rings (SSSR count). The summed E-state index contributed by atoms with van der Waals surface area (Å²) in [4.78, 5) is 12.0. The van der Waals surface area contributed by atoms with Gasteiger partial charge in [-0.3, -0.25) is 4.79 Å². The van der Waals surface area contributed by atoms with Crippen LogP contribution in [0.1, 0.15) is 17.9 Å². The number of carboxylic acids is 1. The Labute approximate surface area is 111 Å². The Morgan fingerprint density at radius 1 is 1.47 bits per heavy atom. The first-order chi connectivity index (χ1) is 8.82. The molecule has 3 nitrogen and oxygen atoms in total. The smallest absolute Gasteiger partial charge is 0.425 e. The number of rotatable bonds is 2. The fraction of sp³-hybridized carbons (Fsp3) is 0.417. The second kappa shape index (κ2) is 4.96. The van der Waals surface area contributed by atoms with Crippen LogP contribution in [0.5, 0.6) is 5.75 Å². The maximum Gasteiger partial charge on any atom is 0.425 e. The predicted octanol–water partition coefficient (Wildman–Crippen LogP) is 3.29. The van der Waals surface area contributed by atoms with Crippen molar-refractivity contribution in [1.82, 2.24) is 0 Å². The van der Waals surface area contributed by atoms with E-state index in [-0.39, 0.29) is 5.75 Å². The van der Waals surface area contributed by atoms with Crippen molar-refractivity contribution in [1.29, 1.82) is 0 Å². The second-order valence-corrected chi connectivity index (χ2v) is 5.06. The zero-order valence-corrected chi connectivity index (χ0v) is 10.7. The minimum atomic E-state index is -4.57. The average molecular weight is 292 g/mol. The van der Waals surface area contributed by atoms with Crippen LogP contribution >= 0.6 is 11.8 Å². The number of fused-ring (bicyclic) bond motifs is 1. The van der Waals surface area contributed by atoms with Crippen LogP contribution in [0, 0.1) is 0 Å². The standard InChI is InChI=1S/C12H11F3O3S/c1-19-6-2-3-9-7(4-6)8(11(16)17)5-10(18-9)12(13,14)15/h2-4,8,10H,5H2,1H3,(H,16,17). The first kappa shape index (κ1) is 14.0. The van der Waals surface area contributed by atoms with Crippen molar-refractivity contribution in [2.24, 2.45) is 0 Å². The normalized spacial score (nSPS) is 22.5. The maximum absolute atomic E-state index is 12.7. The monoisotopic (exact) mass is 292 g/mol. The number of halogens is 3. The molecule has 0 spiro atoms. The predicted molar refractivity (Wildman–Crippen MR) is 63.7 cm³/mol. The molecule has 1 aliphatic heterocycles. The van der Waals surface area contributed by atoms with Gasteiger partial charge < -0.3 is 9.84 Å². The number of benzene rings is 1. The van der Waals surface area contributed by atoms with E-state index in [1.165, 1.54) is 17.8 Å². The Kier molecular flexibility index (Phi) is 3.66. The highest BCUT2D eigenvalue weighted by Gasteiger charge is 2.47. The fourth-order valence-electron chi connectivity index (χ4n) is 2.01. The van der Waals surface area contributed by atoms with Crippen molar-refractivity contribution in [2.45, 2.75) is 29.5 Å². The number of carbonyl (C=O) groups is 1. The molecule has 1 aliphatic rings. The van der Waals surface area contributed by atoms with Crippen molar-refractivity contribution in [3.8, 4) is 5.75 Å². The van der Waals surface area contributed by atoms with Crippen LogP contribution in [0.15, 0.2) is 23.1 Å². The van der Waals surface area contributed by atoms with Crippen LogP contribution in [-0.2, 0) is 4.79 Å². The molecule has 7 heteroatoms. The number of alkyl halides is 3. The summed E-state index contributed by atoms with van der Waals surface area (Å²) in [6.07, 6.45) is -5.42. The van der Waals surface area contributed by atoms with Gasteiger partial charge in [0.25, 0.3) is 0 Å². The summed E-state index contributed by atoms with van der Waals surface area (Å²) in [5, 5.41) is 9.10. The van der Waals surface area contributed by atoms with E-state index >= 15 is 0 Å². The van der Waals surface area contributed by atoms with Gasteiger partial charge in [-0.15, -0.1) is 11.8 Å². The van der Waals surface area contributed by atoms with E-state index in [2.05, 4.69) is 0 Å². The largest absolute Gasteiger partial charge is 0.481 e. The molecule has 0 fully saturated rings. The Bertz CT molecular complexity index is 501. The highest BCUT2D eigenvalue weighted by molar-refractivity contribution is 7.98. The van der Waals surface area contributed by atoms with E-state index in [1.54, 1.807) is 18.4 Å². The number of aliphatic carboxylic acids is 1. The van der Waals surface area contributed by atoms with Gasteiger partial charge in [0, 0.05) is 16.9 Å². The van der Waals surface area contributed by atoms with Crippen LogP contribution < -0.4 is 4.74 Å². The molecule has 0 saturated heterocycles. The minimum Gasteiger partial charge on any atom is -0.481 e. The van der Waals surface area contributed by atoms with Gasteiger partial charge in [-0.2, -0.15) is 13.2 Å². The first-order valence-electron chi connectivity index (χ1n) is 5.47. The van der Waals surface area contributed by atoms with Gasteiger partial charge in [-0.25, -0.2) is 0 Å². The summed E-state index contributed by atoms with van der Waals surface area (Å²) in [5.41, 5.74) is 0.305. The fourth-order valence-corrected chi connectivity index (χ4v) is 2.46. The van der Waals surface area contributed by atoms with Gasteiger partial charge in [0.05, 0.1) is 5.92 Å². The Hall–Kier alpha value is -1.37. The van der Waals surface area contributed by atoms with Gasteiger partial charge in [-0.05, 0) is 24.5 Å². The number of hydrogen-bond acceptors (Lipinski definition) is 3. The van der Waals surface area contributed by atoms with Crippen molar-refractivity contribution >= 4 is 17.7 Å². The van der Waals surface area contributed by atoms with Crippen molar-refractivity contribution in [2.75, 3.05) is 6.26 Å². The second-order valence-electron chi connectivity index (χ2n) is 4.18. The number of carboxylic acid groups (broad SMARTS) is 1. The molecule has 1 aromatic carbocycles. The van der Waals surface area contributed by atoms with Crippen molar-refractivity contribution in [3.05, 3.63) is 23.8 Å². The minimum absolute atomic E-state index is 0.00113. The van der Waals surface area contributed by atoms with Crippen LogP contribution in [0.3, 0.4) is 0 Å². The Morgan fingerprint density at radius 3 is 2.68 bits per heavy atom. The molecule has 0 saturated carbocycles. The molecule has 2 atom stereocenters. The third-order valence-corrected chi connectivity index (χ3v) is 3.70. The van der Waals surface area contributed by atoms with Crippen LogP contribution in [0.25, 0.3) is 0 Å². The quantitative estimate of drug-likeness (QED) is 0.850. The molecular formula is C12H11F3O3S. The molecule has 2 unspecified atom stereocenters. The lowest BCUT2D eigenvalue weighted by Crippen LogP contribution is -2.40. The maximum atomic E-state index is 12.7. The number of thioether (sulfide) groups is 1. The third-order valence-electron chi connectivity index (χ3n) is 2.97. The molecule has 1 N–H and O–H groups in total. The average Bonchev–Trinajstić information content (AvgIpc) is 2.35. The molecule has 0 aromatic heterocycles. The molecule has 19 heavy (non-hydrogen) atoms. The summed E-state index contributed by atoms with van der Waals surface area (Å²) < 4.78 is 43.0. The SMILES string of the molecule is CSc1ccc2c(c1)C(C(=O)O)CC(C(F)(F)F)O2. The molecule has 0 radical (unpaired) electrons. The summed E-state index contributed by atoms with van der Waals surface area (Å²) in [7, 11) is 0. The van der Waals surface area contributed by atoms with Gasteiger partial charge in [0.15, 0.2) is 6.10 Å². The lowest BCUT2D eigenvalue weighted by molar-refractivity contribution is -0.201. The van der Waals surface area contributed by atoms with E-state index in [0.29, 0.717) is 5.56 Å². The van der Waals surface area contributed by atoms with Gasteiger partial charge in [-0.1, -0.05) is 0 Å². The highest BCUT2D eigenvalue weighted by Crippen LogP contribution is 2.42. The van der Waals surface area contributed by atoms with E-state index < -0.39 is 30.6 Å². The van der Waals surface area contributed by atoms with E-state index in [0.717, 1.165) is 4.90 Å². The Morgan fingerprint density at radius 2 is 2.16 bits per heavy atom. The molecular weight excluding hydrogens is 281 g/mol. The first-order valence-corrected chi connectivity index (χ1v) is 6.69. The topological polar surface area (TPSA) is 46.5 Å².